The van der Waals surface area contributed by atoms with Crippen LogP contribution in [0.1, 0.15) is 43.3 Å². The van der Waals surface area contributed by atoms with Gasteiger partial charge in [-0.1, -0.05) is 22.9 Å². The third-order valence-electron chi connectivity index (χ3n) is 6.23. The quantitative estimate of drug-likeness (QED) is 0.316. The SMILES string of the molecule is Cc1cc(C)c2nc(-c3ccccn3)cc(C(=O)Nc3ccc(C(=O)N(C)Cc4cc(C)no4)cc3)c2c1. The van der Waals surface area contributed by atoms with E-state index in [9.17, 15) is 9.59 Å². The molecular formula is C30H27N5O3. The van der Waals surface area contributed by atoms with Gasteiger partial charge >= 0.3 is 0 Å². The number of aryl methyl sites for hydroxylation is 3. The number of amides is 2. The summed E-state index contributed by atoms with van der Waals surface area (Å²) in [4.78, 5) is 37.2. The molecule has 3 heterocycles. The van der Waals surface area contributed by atoms with Gasteiger partial charge in [-0.2, -0.15) is 0 Å². The van der Waals surface area contributed by atoms with Gasteiger partial charge in [0.2, 0.25) is 0 Å². The second-order valence-corrected chi connectivity index (χ2v) is 9.38. The third-order valence-corrected chi connectivity index (χ3v) is 6.23. The van der Waals surface area contributed by atoms with Gasteiger partial charge < -0.3 is 14.7 Å². The van der Waals surface area contributed by atoms with E-state index < -0.39 is 0 Å². The third kappa shape index (κ3) is 5.15. The van der Waals surface area contributed by atoms with Crippen LogP contribution in [-0.4, -0.2) is 38.9 Å². The Morgan fingerprint density at radius 2 is 1.74 bits per heavy atom. The summed E-state index contributed by atoms with van der Waals surface area (Å²) < 4.78 is 5.21. The molecule has 0 aliphatic heterocycles. The minimum atomic E-state index is -0.267. The maximum atomic E-state index is 13.5. The summed E-state index contributed by atoms with van der Waals surface area (Å²) in [5, 5.41) is 7.60. The van der Waals surface area contributed by atoms with E-state index in [1.165, 1.54) is 0 Å². The Hall–Kier alpha value is -4.85. The first kappa shape index (κ1) is 24.8. The predicted molar refractivity (Wildman–Crippen MR) is 146 cm³/mol. The maximum absolute atomic E-state index is 13.5. The van der Waals surface area contributed by atoms with Gasteiger partial charge in [-0.25, -0.2) is 4.98 Å². The number of nitrogens with zero attached hydrogens (tertiary/aromatic N) is 4. The van der Waals surface area contributed by atoms with E-state index in [0.29, 0.717) is 40.5 Å². The van der Waals surface area contributed by atoms with Crippen LogP contribution in [0.5, 0.6) is 0 Å². The number of anilines is 1. The summed E-state index contributed by atoms with van der Waals surface area (Å²) in [6.45, 7) is 6.13. The Morgan fingerprint density at radius 3 is 2.42 bits per heavy atom. The molecule has 0 unspecified atom stereocenters. The molecule has 190 valence electrons. The molecule has 0 saturated carbocycles. The van der Waals surface area contributed by atoms with Crippen LogP contribution in [0.25, 0.3) is 22.3 Å². The van der Waals surface area contributed by atoms with Crippen molar-refractivity contribution in [2.75, 3.05) is 12.4 Å². The molecule has 5 rings (SSSR count). The van der Waals surface area contributed by atoms with Gasteiger partial charge in [-0.05, 0) is 74.9 Å². The molecule has 2 aromatic carbocycles. The number of carbonyl (C=O) groups is 2. The molecule has 0 saturated heterocycles. The number of hydrogen-bond donors (Lipinski definition) is 1. The largest absolute Gasteiger partial charge is 0.359 e. The van der Waals surface area contributed by atoms with E-state index in [1.54, 1.807) is 54.5 Å². The maximum Gasteiger partial charge on any atom is 0.256 e. The minimum Gasteiger partial charge on any atom is -0.359 e. The first-order valence-corrected chi connectivity index (χ1v) is 12.2. The van der Waals surface area contributed by atoms with Crippen LogP contribution in [0.15, 0.2) is 77.4 Å². The fourth-order valence-corrected chi connectivity index (χ4v) is 4.43. The van der Waals surface area contributed by atoms with Gasteiger partial charge in [0.25, 0.3) is 11.8 Å². The van der Waals surface area contributed by atoms with Gasteiger partial charge in [0.1, 0.15) is 0 Å². The number of fused-ring (bicyclic) bond motifs is 1. The van der Waals surface area contributed by atoms with E-state index in [4.69, 9.17) is 9.51 Å². The van der Waals surface area contributed by atoms with Crippen molar-refractivity contribution >= 4 is 28.4 Å². The lowest BCUT2D eigenvalue weighted by Crippen LogP contribution is -2.26. The van der Waals surface area contributed by atoms with Crippen molar-refractivity contribution in [2.45, 2.75) is 27.3 Å². The van der Waals surface area contributed by atoms with Crippen molar-refractivity contribution in [1.29, 1.82) is 0 Å². The highest BCUT2D eigenvalue weighted by Gasteiger charge is 2.18. The van der Waals surface area contributed by atoms with E-state index in [2.05, 4.69) is 21.5 Å². The van der Waals surface area contributed by atoms with Crippen molar-refractivity contribution in [3.63, 3.8) is 0 Å². The lowest BCUT2D eigenvalue weighted by Gasteiger charge is -2.16. The van der Waals surface area contributed by atoms with Crippen LogP contribution in [0.3, 0.4) is 0 Å². The zero-order chi connectivity index (χ0) is 26.8. The zero-order valence-corrected chi connectivity index (χ0v) is 21.6. The molecule has 3 aromatic heterocycles. The Labute approximate surface area is 220 Å². The Bertz CT molecular complexity index is 1640. The normalized spacial score (nSPS) is 10.9. The summed E-state index contributed by atoms with van der Waals surface area (Å²) in [7, 11) is 1.70. The fraction of sp³-hybridized carbons (Fsp3) is 0.167. The van der Waals surface area contributed by atoms with Gasteiger partial charge in [-0.3, -0.25) is 14.6 Å². The fourth-order valence-electron chi connectivity index (χ4n) is 4.43. The number of carbonyl (C=O) groups excluding carboxylic acids is 2. The molecule has 0 bridgehead atoms. The minimum absolute atomic E-state index is 0.164. The molecule has 38 heavy (non-hydrogen) atoms. The lowest BCUT2D eigenvalue weighted by atomic mass is 10.00. The van der Waals surface area contributed by atoms with Crippen molar-refractivity contribution in [2.24, 2.45) is 0 Å². The van der Waals surface area contributed by atoms with Crippen LogP contribution < -0.4 is 5.32 Å². The number of nitrogens with one attached hydrogen (secondary N) is 1. The predicted octanol–water partition coefficient (Wildman–Crippen LogP) is 5.73. The summed E-state index contributed by atoms with van der Waals surface area (Å²) >= 11 is 0. The molecule has 0 spiro atoms. The number of pyridine rings is 2. The Kier molecular flexibility index (Phi) is 6.70. The summed E-state index contributed by atoms with van der Waals surface area (Å²) in [6.07, 6.45) is 1.70. The molecule has 1 N–H and O–H groups in total. The number of aromatic nitrogens is 3. The molecule has 8 heteroatoms. The van der Waals surface area contributed by atoms with E-state index in [1.807, 2.05) is 45.0 Å². The standard InChI is InChI=1S/C30H27N5O3/c1-18-13-19(2)28-24(14-18)25(16-27(33-28)26-7-5-6-12-31-26)29(36)32-22-10-8-21(9-11-22)30(37)35(4)17-23-15-20(3)34-38-23/h5-16H,17H2,1-4H3,(H,32,36). The molecule has 0 radical (unpaired) electrons. The summed E-state index contributed by atoms with van der Waals surface area (Å²) in [6, 6.07) is 20.0. The molecule has 0 aliphatic carbocycles. The first-order chi connectivity index (χ1) is 18.3. The average molecular weight is 506 g/mol. The van der Waals surface area contributed by atoms with Gasteiger partial charge in [-0.15, -0.1) is 0 Å². The number of rotatable bonds is 6. The Balaban J connectivity index is 1.40. The highest BCUT2D eigenvalue weighted by atomic mass is 16.5. The van der Waals surface area contributed by atoms with Crippen LogP contribution in [0.4, 0.5) is 5.69 Å². The second-order valence-electron chi connectivity index (χ2n) is 9.38. The molecule has 2 amide bonds. The summed E-state index contributed by atoms with van der Waals surface area (Å²) in [5.74, 6) is 0.182. The average Bonchev–Trinajstić information content (AvgIpc) is 3.32. The highest BCUT2D eigenvalue weighted by Crippen LogP contribution is 2.28. The van der Waals surface area contributed by atoms with Crippen molar-refractivity contribution in [3.8, 4) is 11.4 Å². The number of hydrogen-bond acceptors (Lipinski definition) is 6. The van der Waals surface area contributed by atoms with Crippen LogP contribution >= 0.6 is 0 Å². The van der Waals surface area contributed by atoms with Crippen LogP contribution in [-0.2, 0) is 6.54 Å². The van der Waals surface area contributed by atoms with E-state index >= 15 is 0 Å². The lowest BCUT2D eigenvalue weighted by molar-refractivity contribution is 0.0772. The van der Waals surface area contributed by atoms with Gasteiger partial charge in [0.05, 0.1) is 34.7 Å². The monoisotopic (exact) mass is 505 g/mol. The smallest absolute Gasteiger partial charge is 0.256 e. The topological polar surface area (TPSA) is 101 Å². The second kappa shape index (κ2) is 10.3. The molecule has 5 aromatic rings. The van der Waals surface area contributed by atoms with E-state index in [0.717, 1.165) is 27.7 Å². The van der Waals surface area contributed by atoms with Crippen molar-refractivity contribution < 1.29 is 14.1 Å². The molecule has 8 nitrogen and oxygen atoms in total. The summed E-state index contributed by atoms with van der Waals surface area (Å²) in [5.41, 5.74) is 6.45. The highest BCUT2D eigenvalue weighted by molar-refractivity contribution is 6.13. The number of benzene rings is 2. The molecule has 0 fully saturated rings. The molecular weight excluding hydrogens is 478 g/mol. The van der Waals surface area contributed by atoms with Crippen molar-refractivity contribution in [1.82, 2.24) is 20.0 Å². The van der Waals surface area contributed by atoms with Crippen LogP contribution in [0, 0.1) is 20.8 Å². The van der Waals surface area contributed by atoms with Gasteiger partial charge in [0.15, 0.2) is 5.76 Å². The van der Waals surface area contributed by atoms with Gasteiger partial charge in [0, 0.05) is 35.9 Å². The molecule has 0 aliphatic rings. The first-order valence-electron chi connectivity index (χ1n) is 12.2. The molecule has 0 atom stereocenters. The van der Waals surface area contributed by atoms with E-state index in [-0.39, 0.29) is 11.8 Å². The van der Waals surface area contributed by atoms with Crippen LogP contribution in [0.2, 0.25) is 0 Å². The Morgan fingerprint density at radius 1 is 0.947 bits per heavy atom. The zero-order valence-electron chi connectivity index (χ0n) is 21.6. The van der Waals surface area contributed by atoms with Crippen molar-refractivity contribution in [3.05, 3.63) is 107 Å².